The lowest BCUT2D eigenvalue weighted by atomic mass is 9.12. The van der Waals surface area contributed by atoms with Crippen molar-refractivity contribution in [3.05, 3.63) is 116 Å². The number of alkyl halides is 3. The van der Waals surface area contributed by atoms with Crippen LogP contribution in [0.25, 0.3) is 0 Å². The van der Waals surface area contributed by atoms with Crippen LogP contribution < -0.4 is 27.2 Å². The van der Waals surface area contributed by atoms with Crippen LogP contribution in [-0.4, -0.2) is 25.4 Å². The highest BCUT2D eigenvalue weighted by Gasteiger charge is 2.52. The summed E-state index contributed by atoms with van der Waals surface area (Å²) in [6, 6.07) is 0. The average Bonchev–Trinajstić information content (AvgIpc) is 3.24. The fourth-order valence-electron chi connectivity index (χ4n) is 7.52. The summed E-state index contributed by atoms with van der Waals surface area (Å²) in [7, 11) is 0. The van der Waals surface area contributed by atoms with Crippen LogP contribution in [0.2, 0.25) is 0 Å². The molecular formula is C41H35BF23N. The van der Waals surface area contributed by atoms with E-state index < -0.39 is 157 Å². The molecule has 0 aliphatic rings. The second kappa shape index (κ2) is 21.9. The summed E-state index contributed by atoms with van der Waals surface area (Å²) in [5, 5.41) is 1.38. The van der Waals surface area contributed by atoms with Gasteiger partial charge >= 0.3 is 6.18 Å². The third-order valence-electron chi connectivity index (χ3n) is 10.8. The van der Waals surface area contributed by atoms with Crippen LogP contribution in [-0.2, 0) is 0 Å². The van der Waals surface area contributed by atoms with E-state index in [4.69, 9.17) is 0 Å². The fraction of sp³-hybridized carbons (Fsp3) is 0.415. The molecular weight excluding hydrogens is 954 g/mol. The molecule has 4 aromatic rings. The quantitative estimate of drug-likeness (QED) is 0.0379. The number of nitrogens with two attached hydrogens (primary N) is 1. The summed E-state index contributed by atoms with van der Waals surface area (Å²) in [5.41, 5.74) is -14.3. The van der Waals surface area contributed by atoms with Gasteiger partial charge in [0.05, 0.1) is 6.54 Å². The predicted octanol–water partition coefficient (Wildman–Crippen LogP) is 10.6. The molecule has 0 fully saturated rings. The van der Waals surface area contributed by atoms with E-state index in [0.717, 1.165) is 24.7 Å². The van der Waals surface area contributed by atoms with E-state index in [1.165, 1.54) is 37.4 Å². The van der Waals surface area contributed by atoms with E-state index in [0.29, 0.717) is 12.5 Å². The fourth-order valence-corrected chi connectivity index (χ4v) is 7.52. The Morgan fingerprint density at radius 2 is 0.545 bits per heavy atom. The number of hydrogen-bond acceptors (Lipinski definition) is 0. The van der Waals surface area contributed by atoms with Gasteiger partial charge in [-0.1, -0.05) is 66.2 Å². The maximum absolute atomic E-state index is 15.4. The maximum atomic E-state index is 15.4. The largest absolute Gasteiger partial charge is 0.438 e. The minimum atomic E-state index is -7.22. The van der Waals surface area contributed by atoms with E-state index in [-0.39, 0.29) is 0 Å². The number of halogens is 23. The summed E-state index contributed by atoms with van der Waals surface area (Å²) >= 11 is 0. The highest BCUT2D eigenvalue weighted by molar-refractivity contribution is 7.20. The molecule has 0 heterocycles. The summed E-state index contributed by atoms with van der Waals surface area (Å²) in [4.78, 5) is 0. The summed E-state index contributed by atoms with van der Waals surface area (Å²) in [6.07, 6.45) is -2.80. The van der Waals surface area contributed by atoms with E-state index in [9.17, 15) is 65.9 Å². The first kappa shape index (κ1) is 55.6. The molecule has 0 aromatic heterocycles. The van der Waals surface area contributed by atoms with Crippen molar-refractivity contribution in [1.82, 2.24) is 0 Å². The lowest BCUT2D eigenvalue weighted by Gasteiger charge is -2.44. The Hall–Kier alpha value is -4.71. The van der Waals surface area contributed by atoms with Crippen LogP contribution in [0.4, 0.5) is 101 Å². The Morgan fingerprint density at radius 1 is 0.333 bits per heavy atom. The van der Waals surface area contributed by atoms with Crippen LogP contribution in [0.15, 0.2) is 0 Å². The molecule has 0 bridgehead atoms. The zero-order valence-corrected chi connectivity index (χ0v) is 34.4. The van der Waals surface area contributed by atoms with Crippen LogP contribution in [0, 0.1) is 134 Å². The van der Waals surface area contributed by atoms with Crippen LogP contribution in [0.5, 0.6) is 0 Å². The molecule has 2 unspecified atom stereocenters. The Bertz CT molecular complexity index is 2020. The Morgan fingerprint density at radius 3 is 0.773 bits per heavy atom. The molecule has 4 aromatic carbocycles. The maximum Gasteiger partial charge on any atom is 0.438 e. The summed E-state index contributed by atoms with van der Waals surface area (Å²) < 4.78 is 330. The van der Waals surface area contributed by atoms with Gasteiger partial charge in [0, 0.05) is 0 Å². The summed E-state index contributed by atoms with van der Waals surface area (Å²) in [6.45, 7) is 8.86. The third kappa shape index (κ3) is 11.0. The Labute approximate surface area is 360 Å². The molecule has 0 saturated carbocycles. The topological polar surface area (TPSA) is 16.6 Å². The van der Waals surface area contributed by atoms with Gasteiger partial charge in [0.1, 0.15) is 52.7 Å². The molecule has 368 valence electrons. The number of benzene rings is 4. The van der Waals surface area contributed by atoms with Crippen molar-refractivity contribution < 1.29 is 106 Å². The van der Waals surface area contributed by atoms with E-state index in [2.05, 4.69) is 27.7 Å². The zero-order valence-electron chi connectivity index (χ0n) is 34.4. The number of quaternary nitrogens is 1. The van der Waals surface area contributed by atoms with Gasteiger partial charge in [0.25, 0.3) is 0 Å². The van der Waals surface area contributed by atoms with E-state index >= 15 is 35.1 Å². The Balaban J connectivity index is 0.000000464. The van der Waals surface area contributed by atoms with Crippen molar-refractivity contribution in [2.24, 2.45) is 17.8 Å². The highest BCUT2D eigenvalue weighted by Crippen LogP contribution is 2.31. The van der Waals surface area contributed by atoms with Crippen LogP contribution in [0.1, 0.15) is 72.6 Å². The minimum absolute atomic E-state index is 0.539. The molecule has 25 heteroatoms. The van der Waals surface area contributed by atoms with Gasteiger partial charge in [0.15, 0.2) is 76.4 Å². The molecule has 4 rings (SSSR count). The second-order valence-corrected chi connectivity index (χ2v) is 16.0. The molecule has 66 heavy (non-hydrogen) atoms. The lowest BCUT2D eigenvalue weighted by Crippen LogP contribution is -2.87. The molecule has 2 N–H and O–H groups in total. The Kier molecular flexibility index (Phi) is 18.5. The van der Waals surface area contributed by atoms with Gasteiger partial charge in [-0.3, -0.25) is 0 Å². The molecule has 0 spiro atoms. The predicted molar refractivity (Wildman–Crippen MR) is 192 cm³/mol. The SMILES string of the molecule is CC(C)CCCC(C)CCCC(C)CC[NH2+]CC(F)(F)F.Fc1c(F)c(F)c([B-](c2c(F)c(F)c(F)c(F)c2F)(c2c(F)c(F)c(F)c(F)c2F)c2c(F)c(F)c(F)c(F)c2F)c(F)c1F. The molecule has 0 aliphatic heterocycles. The molecule has 0 radical (unpaired) electrons. The smallest absolute Gasteiger partial charge is 0.339 e. The monoisotopic (exact) mass is 989 g/mol. The molecule has 2 atom stereocenters. The zero-order chi connectivity index (χ0) is 50.7. The van der Waals surface area contributed by atoms with E-state index in [1.54, 1.807) is 0 Å². The van der Waals surface area contributed by atoms with E-state index in [1.807, 2.05) is 0 Å². The van der Waals surface area contributed by atoms with Gasteiger partial charge in [0.2, 0.25) is 0 Å². The van der Waals surface area contributed by atoms with Crippen molar-refractivity contribution in [1.29, 1.82) is 0 Å². The first-order valence-electron chi connectivity index (χ1n) is 19.5. The van der Waals surface area contributed by atoms with Crippen LogP contribution in [0.3, 0.4) is 0 Å². The van der Waals surface area contributed by atoms with Crippen molar-refractivity contribution in [3.8, 4) is 0 Å². The van der Waals surface area contributed by atoms with Crippen molar-refractivity contribution in [2.45, 2.75) is 78.8 Å². The normalized spacial score (nSPS) is 13.1. The van der Waals surface area contributed by atoms with Crippen molar-refractivity contribution >= 4 is 28.0 Å². The van der Waals surface area contributed by atoms with Gasteiger partial charge in [-0.25, -0.2) is 87.8 Å². The number of hydrogen-bond donors (Lipinski definition) is 1. The molecule has 0 amide bonds. The van der Waals surface area contributed by atoms with Crippen LogP contribution >= 0.6 is 0 Å². The second-order valence-electron chi connectivity index (χ2n) is 16.0. The molecule has 1 nitrogen and oxygen atoms in total. The molecule has 0 aliphatic carbocycles. The number of rotatable bonds is 16. The first-order valence-corrected chi connectivity index (χ1v) is 19.5. The summed E-state index contributed by atoms with van der Waals surface area (Å²) in [5.74, 6) is -69.3. The first-order chi connectivity index (χ1) is 30.4. The lowest BCUT2D eigenvalue weighted by molar-refractivity contribution is -0.676. The van der Waals surface area contributed by atoms with Gasteiger partial charge in [-0.15, -0.1) is 21.9 Å². The van der Waals surface area contributed by atoms with Crippen molar-refractivity contribution in [3.63, 3.8) is 0 Å². The average molecular weight is 990 g/mol. The minimum Gasteiger partial charge on any atom is -0.339 e. The highest BCUT2D eigenvalue weighted by atomic mass is 19.4. The third-order valence-corrected chi connectivity index (χ3v) is 10.8. The standard InChI is InChI=1S/C24BF20.C17H34F3N/c26-5-1(6(27)14(35)21(42)13(5)34)25(2-7(28)15(36)22(43)16(37)8(2)29,3-9(30)17(38)23(44)18(39)10(3)31)4-11(32)19(40)24(45)20(41)12(4)33;1-14(2)7-5-8-15(3)9-6-10-16(4)11-12-21-13-17(18,19)20/h;14-16,21H,5-13H2,1-4H3/q-1;/p+1. The molecule has 0 saturated heterocycles. The van der Waals surface area contributed by atoms with Gasteiger partial charge in [-0.2, -0.15) is 13.2 Å². The van der Waals surface area contributed by atoms with Gasteiger partial charge in [-0.05, 0) is 24.2 Å². The van der Waals surface area contributed by atoms with Crippen molar-refractivity contribution in [2.75, 3.05) is 13.1 Å². The van der Waals surface area contributed by atoms with Gasteiger partial charge < -0.3 is 5.32 Å².